The van der Waals surface area contributed by atoms with Crippen LogP contribution in [0.25, 0.3) is 5.57 Å². The zero-order valence-corrected chi connectivity index (χ0v) is 21.3. The van der Waals surface area contributed by atoms with Crippen molar-refractivity contribution in [3.63, 3.8) is 0 Å². The summed E-state index contributed by atoms with van der Waals surface area (Å²) in [4.78, 5) is 13.3. The van der Waals surface area contributed by atoms with Gasteiger partial charge in [0, 0.05) is 12.8 Å². The molecular formula is C26H27F6N5O3. The molecule has 4 rings (SSSR count). The van der Waals surface area contributed by atoms with Gasteiger partial charge in [-0.05, 0) is 60.2 Å². The number of carbonyl (C=O) groups excluding carboxylic acids is 1. The van der Waals surface area contributed by atoms with E-state index in [-0.39, 0.29) is 42.0 Å². The minimum Gasteiger partial charge on any atom is -0.494 e. The van der Waals surface area contributed by atoms with Crippen LogP contribution in [0.15, 0.2) is 64.7 Å². The molecule has 2 aromatic carbocycles. The van der Waals surface area contributed by atoms with Gasteiger partial charge in [-0.25, -0.2) is 5.43 Å². The number of nitrogens with one attached hydrogen (secondary N) is 2. The van der Waals surface area contributed by atoms with Gasteiger partial charge < -0.3 is 15.2 Å². The molecule has 0 aliphatic carbocycles. The quantitative estimate of drug-likeness (QED) is 0.267. The van der Waals surface area contributed by atoms with Gasteiger partial charge in [-0.3, -0.25) is 4.79 Å². The van der Waals surface area contributed by atoms with Crippen LogP contribution in [0.1, 0.15) is 48.8 Å². The second-order valence-electron chi connectivity index (χ2n) is 9.56. The van der Waals surface area contributed by atoms with Gasteiger partial charge in [-0.15, -0.1) is 0 Å². The number of aryl methyl sites for hydroxylation is 1. The van der Waals surface area contributed by atoms with Crippen LogP contribution in [-0.4, -0.2) is 41.3 Å². The van der Waals surface area contributed by atoms with Crippen molar-refractivity contribution in [3.8, 4) is 5.75 Å². The van der Waals surface area contributed by atoms with Gasteiger partial charge in [-0.1, -0.05) is 47.2 Å². The lowest BCUT2D eigenvalue weighted by Gasteiger charge is -2.42. The van der Waals surface area contributed by atoms with E-state index in [1.54, 1.807) is 31.2 Å². The van der Waals surface area contributed by atoms with Crippen molar-refractivity contribution in [2.45, 2.75) is 63.3 Å². The highest BCUT2D eigenvalue weighted by atomic mass is 19.4. The summed E-state index contributed by atoms with van der Waals surface area (Å²) in [5.41, 5.74) is 0.0679. The van der Waals surface area contributed by atoms with Crippen LogP contribution in [0.2, 0.25) is 0 Å². The normalized spacial score (nSPS) is 21.4. The van der Waals surface area contributed by atoms with Crippen LogP contribution in [0.5, 0.6) is 5.75 Å². The molecule has 0 saturated heterocycles. The molecular weight excluding hydrogens is 544 g/mol. The largest absolute Gasteiger partial charge is 0.494 e. The number of unbranched alkanes of at least 4 members (excludes halogenated alkanes) is 2. The van der Waals surface area contributed by atoms with Crippen molar-refractivity contribution in [1.29, 1.82) is 0 Å². The number of benzene rings is 2. The minimum atomic E-state index is -4.94. The Morgan fingerprint density at radius 2 is 1.70 bits per heavy atom. The maximum Gasteiger partial charge on any atom is 0.416 e. The lowest BCUT2D eigenvalue weighted by atomic mass is 9.77. The molecule has 40 heavy (non-hydrogen) atoms. The second kappa shape index (κ2) is 11.4. The topological polar surface area (TPSA) is 98.5 Å². The average Bonchev–Trinajstić information content (AvgIpc) is 3.30. The number of aliphatic hydroxyl groups excluding tert-OH is 1. The molecule has 2 aromatic rings. The predicted octanol–water partition coefficient (Wildman–Crippen LogP) is 5.65. The van der Waals surface area contributed by atoms with E-state index in [1.165, 1.54) is 24.3 Å². The lowest BCUT2D eigenvalue weighted by Crippen LogP contribution is -2.60. The maximum atomic E-state index is 14.8. The summed E-state index contributed by atoms with van der Waals surface area (Å²) >= 11 is 0. The van der Waals surface area contributed by atoms with Crippen LogP contribution in [-0.2, 0) is 10.3 Å². The van der Waals surface area contributed by atoms with Gasteiger partial charge >= 0.3 is 12.4 Å². The van der Waals surface area contributed by atoms with Crippen LogP contribution in [0.4, 0.5) is 26.3 Å². The fraction of sp³-hybridized carbons (Fsp3) is 0.423. The molecule has 14 heteroatoms. The van der Waals surface area contributed by atoms with Crippen molar-refractivity contribution in [2.75, 3.05) is 6.61 Å². The fourth-order valence-corrected chi connectivity index (χ4v) is 4.55. The fourth-order valence-electron chi connectivity index (χ4n) is 4.55. The molecule has 2 atom stereocenters. The van der Waals surface area contributed by atoms with Crippen molar-refractivity contribution in [1.82, 2.24) is 15.8 Å². The van der Waals surface area contributed by atoms with E-state index in [9.17, 15) is 36.2 Å². The number of nitrogens with zero attached hydrogens (tertiary/aromatic N) is 3. The molecule has 216 valence electrons. The first kappa shape index (κ1) is 29.2. The first-order chi connectivity index (χ1) is 18.8. The van der Waals surface area contributed by atoms with Gasteiger partial charge in [0.1, 0.15) is 11.4 Å². The van der Waals surface area contributed by atoms with E-state index in [0.717, 1.165) is 10.6 Å². The summed E-state index contributed by atoms with van der Waals surface area (Å²) in [5, 5.41) is 20.2. The molecule has 0 radical (unpaired) electrons. The number of halogens is 6. The Morgan fingerprint density at radius 1 is 1.02 bits per heavy atom. The molecule has 3 N–H and O–H groups in total. The number of carbonyl (C=O) groups is 1. The molecule has 0 bridgehead atoms. The Hall–Kier alpha value is -3.81. The molecule has 2 heterocycles. The maximum absolute atomic E-state index is 14.8. The summed E-state index contributed by atoms with van der Waals surface area (Å²) in [6.45, 7) is 1.91. The molecule has 0 saturated carbocycles. The van der Waals surface area contributed by atoms with E-state index >= 15 is 0 Å². The van der Waals surface area contributed by atoms with Gasteiger partial charge in [0.15, 0.2) is 5.54 Å². The number of ether oxygens (including phenoxy) is 1. The number of hydrogen-bond acceptors (Lipinski definition) is 7. The van der Waals surface area contributed by atoms with Crippen LogP contribution in [0.3, 0.4) is 0 Å². The summed E-state index contributed by atoms with van der Waals surface area (Å²) in [6, 6.07) is 11.6. The molecule has 2 aliphatic heterocycles. The molecule has 0 fully saturated rings. The first-order valence-corrected chi connectivity index (χ1v) is 12.4. The number of hydrogen-bond donors (Lipinski definition) is 3. The third kappa shape index (κ3) is 6.32. The van der Waals surface area contributed by atoms with Gasteiger partial charge in [-0.2, -0.15) is 31.4 Å². The Labute approximate surface area is 225 Å². The van der Waals surface area contributed by atoms with Crippen LogP contribution >= 0.6 is 0 Å². The minimum absolute atomic E-state index is 0.00181. The van der Waals surface area contributed by atoms with E-state index in [0.29, 0.717) is 12.0 Å². The summed E-state index contributed by atoms with van der Waals surface area (Å²) in [5.74, 6) is -0.874. The lowest BCUT2D eigenvalue weighted by molar-refractivity contribution is -0.202. The summed E-state index contributed by atoms with van der Waals surface area (Å²) < 4.78 is 86.7. The molecule has 0 aromatic heterocycles. The monoisotopic (exact) mass is 571 g/mol. The smallest absolute Gasteiger partial charge is 0.416 e. The van der Waals surface area contributed by atoms with Gasteiger partial charge in [0.25, 0.3) is 5.91 Å². The third-order valence-electron chi connectivity index (χ3n) is 6.65. The van der Waals surface area contributed by atoms with Crippen molar-refractivity contribution >= 4 is 11.5 Å². The zero-order valence-electron chi connectivity index (χ0n) is 21.3. The van der Waals surface area contributed by atoms with Crippen molar-refractivity contribution < 1.29 is 41.0 Å². The van der Waals surface area contributed by atoms with Crippen LogP contribution in [0, 0.1) is 6.92 Å². The van der Waals surface area contributed by atoms with E-state index in [2.05, 4.69) is 21.2 Å². The highest BCUT2D eigenvalue weighted by Crippen LogP contribution is 2.49. The number of rotatable bonds is 9. The SMILES string of the molecule is Cc1ccc(C2=C(N3N=NNC3O)C(=O)N[C@@](c3ccc(OCCCCCC(F)(F)F)cc3)(C(F)(F)F)C2)cc1. The highest BCUT2D eigenvalue weighted by Gasteiger charge is 2.60. The molecule has 0 spiro atoms. The number of alkyl halides is 6. The van der Waals surface area contributed by atoms with E-state index in [1.807, 2.05) is 0 Å². The Kier molecular flexibility index (Phi) is 8.28. The molecule has 1 unspecified atom stereocenters. The van der Waals surface area contributed by atoms with Gasteiger partial charge in [0.2, 0.25) is 6.35 Å². The van der Waals surface area contributed by atoms with Crippen LogP contribution < -0.4 is 15.5 Å². The number of aliphatic hydroxyl groups is 1. The predicted molar refractivity (Wildman–Crippen MR) is 131 cm³/mol. The second-order valence-corrected chi connectivity index (χ2v) is 9.56. The van der Waals surface area contributed by atoms with Crippen molar-refractivity contribution in [2.24, 2.45) is 10.4 Å². The molecule has 1 amide bonds. The molecule has 8 nitrogen and oxygen atoms in total. The molecule has 2 aliphatic rings. The summed E-state index contributed by atoms with van der Waals surface area (Å²) in [6.07, 6.45) is -11.7. The Bertz CT molecular complexity index is 1260. The Balaban J connectivity index is 1.61. The Morgan fingerprint density at radius 3 is 2.27 bits per heavy atom. The van der Waals surface area contributed by atoms with Gasteiger partial charge in [0.05, 0.1) is 6.61 Å². The number of amides is 1. The first-order valence-electron chi connectivity index (χ1n) is 12.4. The zero-order chi connectivity index (χ0) is 29.1. The van der Waals surface area contributed by atoms with Crippen molar-refractivity contribution in [3.05, 3.63) is 70.9 Å². The summed E-state index contributed by atoms with van der Waals surface area (Å²) in [7, 11) is 0. The highest BCUT2D eigenvalue weighted by molar-refractivity contribution is 6.03. The van der Waals surface area contributed by atoms with E-state index in [4.69, 9.17) is 4.74 Å². The van der Waals surface area contributed by atoms with E-state index < -0.39 is 43.0 Å². The average molecular weight is 572 g/mol. The standard InChI is InChI=1S/C26H27F6N5O3/c1-16-5-7-17(8-6-16)20-15-24(26(30,31)32,33-22(38)21(20)37-23(39)34-35-36-37)18-9-11-19(12-10-18)40-14-4-2-3-13-25(27,28)29/h5-12,23,39H,2-4,13-15H2,1H3,(H,33,38)(H,34,36)/t23?,24-/m0/s1. The third-order valence-corrected chi connectivity index (χ3v) is 6.65.